The summed E-state index contributed by atoms with van der Waals surface area (Å²) in [5.41, 5.74) is -0.0431. The van der Waals surface area contributed by atoms with Crippen LogP contribution in [0.2, 0.25) is 0 Å². The number of carbonyl (C=O) groups is 3. The number of esters is 1. The molecule has 2 aromatic rings. The maximum Gasteiger partial charge on any atom is 0.328 e. The molecule has 0 atom stereocenters. The fourth-order valence-electron chi connectivity index (χ4n) is 4.78. The lowest BCUT2D eigenvalue weighted by molar-refractivity contribution is -0.143. The van der Waals surface area contributed by atoms with Gasteiger partial charge in [-0.1, -0.05) is 30.7 Å². The highest BCUT2D eigenvalue weighted by molar-refractivity contribution is 5.89. The molecule has 0 unspecified atom stereocenters. The van der Waals surface area contributed by atoms with Crippen molar-refractivity contribution in [3.05, 3.63) is 83.4 Å². The molecule has 3 N–H and O–H groups in total. The molecule has 0 saturated carbocycles. The molecule has 40 heavy (non-hydrogen) atoms. The number of nitrogens with zero attached hydrogens (tertiary/aromatic N) is 1. The minimum Gasteiger partial charge on any atom is -0.478 e. The summed E-state index contributed by atoms with van der Waals surface area (Å²) in [5, 5.41) is 27.5. The molecule has 8 nitrogen and oxygen atoms in total. The summed E-state index contributed by atoms with van der Waals surface area (Å²) >= 11 is 0. The topological polar surface area (TPSA) is 124 Å². The third-order valence-electron chi connectivity index (χ3n) is 6.78. The summed E-state index contributed by atoms with van der Waals surface area (Å²) in [7, 11) is 0. The van der Waals surface area contributed by atoms with Crippen molar-refractivity contribution in [3.63, 3.8) is 0 Å². The first-order valence-electron chi connectivity index (χ1n) is 13.3. The van der Waals surface area contributed by atoms with Gasteiger partial charge >= 0.3 is 17.9 Å². The summed E-state index contributed by atoms with van der Waals surface area (Å²) in [4.78, 5) is 32.9. The molecule has 0 aliphatic carbocycles. The minimum absolute atomic E-state index is 0.0570. The van der Waals surface area contributed by atoms with Crippen LogP contribution in [-0.4, -0.2) is 64.4 Å². The van der Waals surface area contributed by atoms with E-state index in [0.29, 0.717) is 36.3 Å². The van der Waals surface area contributed by atoms with Crippen LogP contribution >= 0.6 is 0 Å². The Hall–Kier alpha value is -3.63. The lowest BCUT2D eigenvalue weighted by Gasteiger charge is -2.42. The molecule has 10 heteroatoms. The van der Waals surface area contributed by atoms with E-state index in [0.717, 1.165) is 51.7 Å². The van der Waals surface area contributed by atoms with Crippen molar-refractivity contribution in [2.24, 2.45) is 5.92 Å². The number of aliphatic hydroxyl groups is 1. The molecule has 0 bridgehead atoms. The van der Waals surface area contributed by atoms with Gasteiger partial charge < -0.3 is 25.0 Å². The number of aliphatic carboxylic acids is 2. The first kappa shape index (κ1) is 32.6. The first-order valence-corrected chi connectivity index (χ1v) is 13.3. The Balaban J connectivity index is 0.000000611. The van der Waals surface area contributed by atoms with Crippen LogP contribution < -0.4 is 0 Å². The fraction of sp³-hybridized carbons (Fsp3) is 0.433. The van der Waals surface area contributed by atoms with Crippen LogP contribution in [0.3, 0.4) is 0 Å². The van der Waals surface area contributed by atoms with Gasteiger partial charge in [0.25, 0.3) is 0 Å². The highest BCUT2D eigenvalue weighted by Gasteiger charge is 2.41. The first-order chi connectivity index (χ1) is 19.1. The van der Waals surface area contributed by atoms with Gasteiger partial charge in [0.05, 0.1) is 6.61 Å². The molecule has 1 aliphatic rings. The Morgan fingerprint density at radius 2 is 1.35 bits per heavy atom. The van der Waals surface area contributed by atoms with Crippen LogP contribution in [-0.2, 0) is 24.7 Å². The molecule has 1 heterocycles. The van der Waals surface area contributed by atoms with Crippen molar-refractivity contribution in [2.45, 2.75) is 51.0 Å². The molecule has 2 aromatic carbocycles. The van der Waals surface area contributed by atoms with E-state index in [4.69, 9.17) is 14.9 Å². The predicted octanol–water partition coefficient (Wildman–Crippen LogP) is 4.75. The number of hydrogen-bond acceptors (Lipinski definition) is 6. The molecule has 0 radical (unpaired) electrons. The minimum atomic E-state index is -1.30. The molecule has 218 valence electrons. The van der Waals surface area contributed by atoms with Crippen LogP contribution in [0.5, 0.6) is 0 Å². The van der Waals surface area contributed by atoms with Crippen molar-refractivity contribution in [1.82, 2.24) is 4.90 Å². The number of rotatable bonds is 12. The molecule has 3 rings (SSSR count). The van der Waals surface area contributed by atoms with Gasteiger partial charge in [-0.25, -0.2) is 18.4 Å². The highest BCUT2D eigenvalue weighted by Crippen LogP contribution is 2.42. The van der Waals surface area contributed by atoms with Crippen LogP contribution in [0.15, 0.2) is 60.7 Å². The van der Waals surface area contributed by atoms with Crippen molar-refractivity contribution in [2.75, 3.05) is 26.2 Å². The van der Waals surface area contributed by atoms with Gasteiger partial charge in [0.1, 0.15) is 17.2 Å². The number of carbonyl (C=O) groups excluding carboxylic acids is 1. The Morgan fingerprint density at radius 1 is 0.875 bits per heavy atom. The number of benzene rings is 2. The van der Waals surface area contributed by atoms with Gasteiger partial charge in [-0.05, 0) is 93.6 Å². The van der Waals surface area contributed by atoms with Gasteiger partial charge in [0.2, 0.25) is 0 Å². The SMILES string of the molecule is CCOC(=O)CCCCCN1CCC(C(O)(c2ccc(F)cc2)c2ccc(F)cc2)CC1.O=C(O)/C=C/C(=O)O. The summed E-state index contributed by atoms with van der Waals surface area (Å²) in [6.45, 7) is 4.91. The van der Waals surface area contributed by atoms with E-state index >= 15 is 0 Å². The van der Waals surface area contributed by atoms with E-state index in [1.54, 1.807) is 24.3 Å². The number of hydrogen-bond donors (Lipinski definition) is 3. The molecule has 0 amide bonds. The monoisotopic (exact) mass is 561 g/mol. The van der Waals surface area contributed by atoms with Crippen molar-refractivity contribution in [1.29, 1.82) is 0 Å². The summed E-state index contributed by atoms with van der Waals surface area (Å²) in [6, 6.07) is 11.9. The Kier molecular flexibility index (Phi) is 13.4. The van der Waals surface area contributed by atoms with Gasteiger partial charge in [-0.15, -0.1) is 0 Å². The summed E-state index contributed by atoms with van der Waals surface area (Å²) in [6.07, 6.45) is 5.99. The standard InChI is InChI=1S/C26H33F2NO3.C4H4O4/c1-2-32-25(30)6-4-3-5-17-29-18-15-22(16-19-29)26(31,20-7-11-23(27)12-8-20)21-9-13-24(28)14-10-21;5-3(6)1-2-4(7)8/h7-14,22,31H,2-6,15-19H2,1H3;1-2H,(H,5,6)(H,7,8)/b;2-1+. The van der Waals surface area contributed by atoms with Crippen molar-refractivity contribution >= 4 is 17.9 Å². The third kappa shape index (κ3) is 10.5. The van der Waals surface area contributed by atoms with Crippen molar-refractivity contribution < 1.29 is 43.2 Å². The molecule has 0 aromatic heterocycles. The third-order valence-corrected chi connectivity index (χ3v) is 6.78. The maximum absolute atomic E-state index is 13.5. The lowest BCUT2D eigenvalue weighted by atomic mass is 9.72. The molecule has 1 fully saturated rings. The van der Waals surface area contributed by atoms with E-state index in [9.17, 15) is 28.3 Å². The number of ether oxygens (including phenoxy) is 1. The van der Waals surface area contributed by atoms with E-state index in [1.807, 2.05) is 6.92 Å². The van der Waals surface area contributed by atoms with Crippen LogP contribution in [0, 0.1) is 17.6 Å². The summed E-state index contributed by atoms with van der Waals surface area (Å²) < 4.78 is 32.0. The van der Waals surface area contributed by atoms with Crippen LogP contribution in [0.1, 0.15) is 56.6 Å². The van der Waals surface area contributed by atoms with E-state index in [-0.39, 0.29) is 23.5 Å². The molecule has 0 spiro atoms. The second-order valence-electron chi connectivity index (χ2n) is 9.52. The number of carboxylic acid groups (broad SMARTS) is 2. The Labute approximate surface area is 232 Å². The van der Waals surface area contributed by atoms with Crippen LogP contribution in [0.25, 0.3) is 0 Å². The normalized spacial score (nSPS) is 14.4. The van der Waals surface area contributed by atoms with Crippen LogP contribution in [0.4, 0.5) is 8.78 Å². The second-order valence-corrected chi connectivity index (χ2v) is 9.52. The molecule has 1 saturated heterocycles. The average molecular weight is 562 g/mol. The number of piperidine rings is 1. The lowest BCUT2D eigenvalue weighted by Crippen LogP contribution is -2.44. The zero-order valence-corrected chi connectivity index (χ0v) is 22.6. The number of likely N-dealkylation sites (tertiary alicyclic amines) is 1. The zero-order valence-electron chi connectivity index (χ0n) is 22.6. The average Bonchev–Trinajstić information content (AvgIpc) is 2.93. The number of carboxylic acids is 2. The van der Waals surface area contributed by atoms with E-state index < -0.39 is 17.5 Å². The molecular formula is C30H37F2NO7. The second kappa shape index (κ2) is 16.5. The zero-order chi connectivity index (χ0) is 29.5. The maximum atomic E-state index is 13.5. The Bertz CT molecular complexity index is 1050. The predicted molar refractivity (Wildman–Crippen MR) is 144 cm³/mol. The fourth-order valence-corrected chi connectivity index (χ4v) is 4.78. The van der Waals surface area contributed by atoms with E-state index in [2.05, 4.69) is 4.90 Å². The molecule has 1 aliphatic heterocycles. The van der Waals surface area contributed by atoms with Gasteiger partial charge in [-0.2, -0.15) is 0 Å². The Morgan fingerprint density at radius 3 is 1.77 bits per heavy atom. The van der Waals surface area contributed by atoms with Gasteiger partial charge in [0, 0.05) is 18.6 Å². The van der Waals surface area contributed by atoms with Gasteiger partial charge in [-0.3, -0.25) is 4.79 Å². The quantitative estimate of drug-likeness (QED) is 0.193. The molecular weight excluding hydrogens is 524 g/mol. The highest BCUT2D eigenvalue weighted by atomic mass is 19.1. The van der Waals surface area contributed by atoms with Gasteiger partial charge in [0.15, 0.2) is 0 Å². The largest absolute Gasteiger partial charge is 0.478 e. The summed E-state index contributed by atoms with van der Waals surface area (Å²) in [5.74, 6) is -3.41. The van der Waals surface area contributed by atoms with Crippen molar-refractivity contribution in [3.8, 4) is 0 Å². The number of unbranched alkanes of at least 4 members (excludes halogenated alkanes) is 2. The smallest absolute Gasteiger partial charge is 0.328 e. The van der Waals surface area contributed by atoms with E-state index in [1.165, 1.54) is 24.3 Å². The number of halogens is 2.